The highest BCUT2D eigenvalue weighted by molar-refractivity contribution is 5.45. The maximum atomic E-state index is 14.2. The molecule has 0 aliphatic carbocycles. The lowest BCUT2D eigenvalue weighted by atomic mass is 9.93. The number of oxazole rings is 1. The number of fused-ring (bicyclic) bond motifs is 1. The Bertz CT molecular complexity index is 1100. The summed E-state index contributed by atoms with van der Waals surface area (Å²) >= 11 is 0. The van der Waals surface area contributed by atoms with Crippen molar-refractivity contribution in [3.8, 4) is 11.7 Å². The highest BCUT2D eigenvalue weighted by Crippen LogP contribution is 2.35. The van der Waals surface area contributed by atoms with Crippen LogP contribution in [0.5, 0.6) is 0 Å². The Morgan fingerprint density at radius 2 is 2.03 bits per heavy atom. The third-order valence-corrected chi connectivity index (χ3v) is 5.99. The summed E-state index contributed by atoms with van der Waals surface area (Å²) in [7, 11) is 1.95. The van der Waals surface area contributed by atoms with Gasteiger partial charge in [0.1, 0.15) is 24.0 Å². The molecule has 5 rings (SSSR count). The average Bonchev–Trinajstić information content (AvgIpc) is 3.40. The van der Waals surface area contributed by atoms with Gasteiger partial charge in [0, 0.05) is 37.8 Å². The average molecular weight is 415 g/mol. The third-order valence-electron chi connectivity index (χ3n) is 5.99. The summed E-state index contributed by atoms with van der Waals surface area (Å²) in [6.45, 7) is 3.65. The summed E-state index contributed by atoms with van der Waals surface area (Å²) in [5.41, 5.74) is 9.40. The maximum Gasteiger partial charge on any atom is 0.263 e. The number of halogens is 2. The van der Waals surface area contributed by atoms with Crippen LogP contribution in [0.3, 0.4) is 0 Å². The number of benzene rings is 1. The summed E-state index contributed by atoms with van der Waals surface area (Å²) in [5.74, 6) is 0.231. The zero-order valence-corrected chi connectivity index (χ0v) is 16.8. The molecule has 0 bridgehead atoms. The number of hydrogen-bond donors (Lipinski definition) is 1. The molecule has 0 amide bonds. The maximum absolute atomic E-state index is 14.2. The third kappa shape index (κ3) is 3.23. The second-order valence-corrected chi connectivity index (χ2v) is 8.06. The van der Waals surface area contributed by atoms with E-state index >= 15 is 0 Å². The second-order valence-electron chi connectivity index (χ2n) is 8.06. The van der Waals surface area contributed by atoms with Crippen LogP contribution in [-0.2, 0) is 24.9 Å². The highest BCUT2D eigenvalue weighted by atomic mass is 19.1. The van der Waals surface area contributed by atoms with E-state index in [1.165, 1.54) is 6.07 Å². The van der Waals surface area contributed by atoms with E-state index in [0.29, 0.717) is 37.8 Å². The van der Waals surface area contributed by atoms with Crippen molar-refractivity contribution < 1.29 is 17.9 Å². The molecule has 3 aromatic rings. The van der Waals surface area contributed by atoms with E-state index in [0.717, 1.165) is 29.2 Å². The van der Waals surface area contributed by atoms with Crippen LogP contribution in [0.15, 0.2) is 28.9 Å². The van der Waals surface area contributed by atoms with Gasteiger partial charge in [-0.05, 0) is 31.5 Å². The molecule has 2 N–H and O–H groups in total. The number of rotatable bonds is 3. The van der Waals surface area contributed by atoms with E-state index in [-0.39, 0.29) is 11.6 Å². The lowest BCUT2D eigenvalue weighted by Crippen LogP contribution is -2.47. The summed E-state index contributed by atoms with van der Waals surface area (Å²) in [5, 5.41) is 0. The van der Waals surface area contributed by atoms with Gasteiger partial charge in [-0.3, -0.25) is 4.90 Å². The SMILES string of the molecule is Cc1coc(-c2nc3c(n2C)CN([C@H]2CO[C@H](c4cc(F)ccc4F)[C@@H](N)C2)C3)n1. The fourth-order valence-electron chi connectivity index (χ4n) is 4.41. The number of nitrogens with zero attached hydrogens (tertiary/aromatic N) is 4. The van der Waals surface area contributed by atoms with Gasteiger partial charge < -0.3 is 19.5 Å². The molecule has 7 nitrogen and oxygen atoms in total. The molecule has 2 aliphatic heterocycles. The van der Waals surface area contributed by atoms with E-state index in [2.05, 4.69) is 9.88 Å². The molecular weight excluding hydrogens is 392 g/mol. The largest absolute Gasteiger partial charge is 0.442 e. The predicted molar refractivity (Wildman–Crippen MR) is 104 cm³/mol. The lowest BCUT2D eigenvalue weighted by Gasteiger charge is -2.38. The number of imidazole rings is 1. The molecule has 0 radical (unpaired) electrons. The predicted octanol–water partition coefficient (Wildman–Crippen LogP) is 2.83. The van der Waals surface area contributed by atoms with Crippen LogP contribution in [0.1, 0.15) is 35.2 Å². The Morgan fingerprint density at radius 1 is 1.20 bits per heavy atom. The fraction of sp³-hybridized carbons (Fsp3) is 0.429. The van der Waals surface area contributed by atoms with Gasteiger partial charge in [0.15, 0.2) is 5.82 Å². The number of aromatic nitrogens is 3. The van der Waals surface area contributed by atoms with Gasteiger partial charge in [0.05, 0.1) is 23.7 Å². The number of ether oxygens (including phenoxy) is 1. The molecule has 3 atom stereocenters. The second kappa shape index (κ2) is 7.26. The van der Waals surface area contributed by atoms with Crippen molar-refractivity contribution >= 4 is 0 Å². The molecule has 1 fully saturated rings. The van der Waals surface area contributed by atoms with Gasteiger partial charge >= 0.3 is 0 Å². The zero-order chi connectivity index (χ0) is 21.0. The molecule has 2 aliphatic rings. The van der Waals surface area contributed by atoms with Gasteiger partial charge in [-0.1, -0.05) is 0 Å². The van der Waals surface area contributed by atoms with E-state index in [9.17, 15) is 8.78 Å². The zero-order valence-electron chi connectivity index (χ0n) is 16.8. The van der Waals surface area contributed by atoms with Crippen molar-refractivity contribution in [2.75, 3.05) is 6.61 Å². The number of hydrogen-bond acceptors (Lipinski definition) is 6. The minimum absolute atomic E-state index is 0.0782. The molecule has 4 heterocycles. The Balaban J connectivity index is 1.29. The summed E-state index contributed by atoms with van der Waals surface area (Å²) in [6, 6.07) is 3.03. The summed E-state index contributed by atoms with van der Waals surface area (Å²) < 4.78 is 41.1. The molecule has 1 aromatic carbocycles. The normalized spacial score (nSPS) is 24.4. The minimum Gasteiger partial charge on any atom is -0.442 e. The summed E-state index contributed by atoms with van der Waals surface area (Å²) in [4.78, 5) is 11.4. The Labute approximate surface area is 172 Å². The van der Waals surface area contributed by atoms with Crippen molar-refractivity contribution in [1.29, 1.82) is 0 Å². The molecular formula is C21H23F2N5O2. The van der Waals surface area contributed by atoms with Crippen LogP contribution < -0.4 is 5.73 Å². The fourth-order valence-corrected chi connectivity index (χ4v) is 4.41. The molecule has 0 unspecified atom stereocenters. The van der Waals surface area contributed by atoms with Crippen molar-refractivity contribution in [2.24, 2.45) is 12.8 Å². The molecule has 0 spiro atoms. The first-order valence-electron chi connectivity index (χ1n) is 9.94. The van der Waals surface area contributed by atoms with Gasteiger partial charge in [-0.15, -0.1) is 0 Å². The highest BCUT2D eigenvalue weighted by Gasteiger charge is 2.38. The topological polar surface area (TPSA) is 82.3 Å². The smallest absolute Gasteiger partial charge is 0.263 e. The van der Waals surface area contributed by atoms with E-state index in [4.69, 9.17) is 19.9 Å². The van der Waals surface area contributed by atoms with E-state index < -0.39 is 23.8 Å². The quantitative estimate of drug-likeness (QED) is 0.708. The van der Waals surface area contributed by atoms with Crippen LogP contribution in [0.4, 0.5) is 8.78 Å². The van der Waals surface area contributed by atoms with Crippen LogP contribution in [0.25, 0.3) is 11.7 Å². The van der Waals surface area contributed by atoms with Crippen LogP contribution in [0, 0.1) is 18.6 Å². The first-order valence-corrected chi connectivity index (χ1v) is 9.94. The molecule has 30 heavy (non-hydrogen) atoms. The van der Waals surface area contributed by atoms with Gasteiger partial charge in [-0.25, -0.2) is 18.7 Å². The lowest BCUT2D eigenvalue weighted by molar-refractivity contribution is -0.0534. The molecule has 158 valence electrons. The standard InChI is InChI=1S/C21H23F2N5O2/c1-11-9-30-21(25-11)20-26-17-7-28(8-18(17)27(20)2)13-6-16(24)19(29-10-13)14-5-12(22)3-4-15(14)23/h3-5,9,13,16,19H,6-8,10,24H2,1-2H3/t13-,16+,19-/m1/s1. The minimum atomic E-state index is -0.653. The molecule has 0 saturated carbocycles. The number of nitrogens with two attached hydrogens (primary N) is 1. The van der Waals surface area contributed by atoms with Gasteiger partial charge in [-0.2, -0.15) is 0 Å². The Morgan fingerprint density at radius 3 is 2.73 bits per heavy atom. The molecule has 9 heteroatoms. The summed E-state index contributed by atoms with van der Waals surface area (Å²) in [6.07, 6.45) is 1.58. The van der Waals surface area contributed by atoms with Crippen LogP contribution in [0.2, 0.25) is 0 Å². The Hall–Kier alpha value is -2.62. The molecule has 2 aromatic heterocycles. The Kier molecular flexibility index (Phi) is 4.68. The monoisotopic (exact) mass is 415 g/mol. The van der Waals surface area contributed by atoms with Crippen molar-refractivity contribution in [1.82, 2.24) is 19.4 Å². The van der Waals surface area contributed by atoms with Crippen molar-refractivity contribution in [3.05, 3.63) is 58.7 Å². The van der Waals surface area contributed by atoms with Crippen LogP contribution in [-0.4, -0.2) is 38.1 Å². The van der Waals surface area contributed by atoms with Crippen molar-refractivity contribution in [3.63, 3.8) is 0 Å². The van der Waals surface area contributed by atoms with Crippen molar-refractivity contribution in [2.45, 2.75) is 44.6 Å². The number of aryl methyl sites for hydroxylation is 1. The van der Waals surface area contributed by atoms with E-state index in [1.807, 2.05) is 18.5 Å². The van der Waals surface area contributed by atoms with E-state index in [1.54, 1.807) is 6.26 Å². The van der Waals surface area contributed by atoms with Gasteiger partial charge in [0.25, 0.3) is 5.89 Å². The van der Waals surface area contributed by atoms with Crippen LogP contribution >= 0.6 is 0 Å². The van der Waals surface area contributed by atoms with Gasteiger partial charge in [0.2, 0.25) is 0 Å². The first-order chi connectivity index (χ1) is 14.4. The molecule has 1 saturated heterocycles. The first kappa shape index (κ1) is 19.3.